The summed E-state index contributed by atoms with van der Waals surface area (Å²) in [5.74, 6) is 0.0284. The van der Waals surface area contributed by atoms with E-state index in [-0.39, 0.29) is 11.9 Å². The van der Waals surface area contributed by atoms with Gasteiger partial charge in [-0.05, 0) is 32.3 Å². The number of rotatable bonds is 2. The Balaban J connectivity index is 1.71. The lowest BCUT2D eigenvalue weighted by atomic mass is 9.98. The van der Waals surface area contributed by atoms with E-state index >= 15 is 0 Å². The van der Waals surface area contributed by atoms with Crippen LogP contribution in [0.3, 0.4) is 0 Å². The average molecular weight is 324 g/mol. The van der Waals surface area contributed by atoms with Gasteiger partial charge in [0.15, 0.2) is 5.65 Å². The van der Waals surface area contributed by atoms with Crippen molar-refractivity contribution >= 4 is 11.6 Å². The fourth-order valence-corrected chi connectivity index (χ4v) is 3.44. The number of hydrogen-bond donors (Lipinski definition) is 0. The second kappa shape index (κ2) is 5.74. The van der Waals surface area contributed by atoms with E-state index in [1.807, 2.05) is 35.5 Å². The Kier molecular flexibility index (Phi) is 3.55. The first kappa shape index (κ1) is 14.9. The number of piperidine rings is 1. The van der Waals surface area contributed by atoms with Crippen molar-refractivity contribution < 1.29 is 4.79 Å². The minimum Gasteiger partial charge on any atom is -0.330 e. The van der Waals surface area contributed by atoms with Crippen LogP contribution in [0.15, 0.2) is 30.7 Å². The van der Waals surface area contributed by atoms with Crippen LogP contribution in [0, 0.1) is 6.92 Å². The van der Waals surface area contributed by atoms with Gasteiger partial charge in [0, 0.05) is 31.5 Å². The standard InChI is InChI=1S/C17H20N6O/c1-12-9-14(20-16-6-7-18-23(12)16)15-5-3-4-8-22(15)17(24)13-10-19-21(2)11-13/h6-7,9-11,15H,3-5,8H2,1-2H3/t15-/m1/s1. The van der Waals surface area contributed by atoms with Crippen molar-refractivity contribution in [3.63, 3.8) is 0 Å². The highest BCUT2D eigenvalue weighted by Crippen LogP contribution is 2.31. The van der Waals surface area contributed by atoms with Gasteiger partial charge < -0.3 is 4.90 Å². The fraction of sp³-hybridized carbons (Fsp3) is 0.412. The van der Waals surface area contributed by atoms with Crippen molar-refractivity contribution in [3.8, 4) is 0 Å². The van der Waals surface area contributed by atoms with Gasteiger partial charge in [0.05, 0.1) is 29.7 Å². The number of nitrogens with zero attached hydrogens (tertiary/aromatic N) is 6. The Labute approximate surface area is 139 Å². The van der Waals surface area contributed by atoms with Gasteiger partial charge in [0.25, 0.3) is 5.91 Å². The van der Waals surface area contributed by atoms with E-state index in [1.54, 1.807) is 23.3 Å². The molecular weight excluding hydrogens is 304 g/mol. The highest BCUT2D eigenvalue weighted by molar-refractivity contribution is 5.94. The maximum atomic E-state index is 12.9. The van der Waals surface area contributed by atoms with Crippen LogP contribution < -0.4 is 0 Å². The number of hydrogen-bond acceptors (Lipinski definition) is 4. The van der Waals surface area contributed by atoms with Crippen LogP contribution in [0.4, 0.5) is 0 Å². The summed E-state index contributed by atoms with van der Waals surface area (Å²) in [6.45, 7) is 2.77. The fourth-order valence-electron chi connectivity index (χ4n) is 3.44. The molecule has 1 atom stereocenters. The minimum absolute atomic E-state index is 0.00468. The Morgan fingerprint density at radius 1 is 1.29 bits per heavy atom. The van der Waals surface area contributed by atoms with Gasteiger partial charge in [-0.15, -0.1) is 0 Å². The molecule has 0 radical (unpaired) electrons. The number of aromatic nitrogens is 5. The number of carbonyl (C=O) groups excluding carboxylic acids is 1. The number of carbonyl (C=O) groups is 1. The molecule has 3 aromatic rings. The van der Waals surface area contributed by atoms with Crippen LogP contribution in [0.2, 0.25) is 0 Å². The molecule has 0 aliphatic carbocycles. The van der Waals surface area contributed by atoms with Gasteiger partial charge in [-0.1, -0.05) is 0 Å². The van der Waals surface area contributed by atoms with E-state index in [1.165, 1.54) is 0 Å². The molecule has 124 valence electrons. The molecule has 0 bridgehead atoms. The summed E-state index contributed by atoms with van der Waals surface area (Å²) in [5, 5.41) is 8.39. The minimum atomic E-state index is 0.00468. The van der Waals surface area contributed by atoms with Gasteiger partial charge in [0.1, 0.15) is 0 Å². The predicted octanol–water partition coefficient (Wildman–Crippen LogP) is 2.14. The van der Waals surface area contributed by atoms with Crippen LogP contribution in [0.25, 0.3) is 5.65 Å². The van der Waals surface area contributed by atoms with Gasteiger partial charge in [0.2, 0.25) is 0 Å². The summed E-state index contributed by atoms with van der Waals surface area (Å²) in [5.41, 5.74) is 3.42. The molecular formula is C17H20N6O. The molecule has 0 N–H and O–H groups in total. The first-order chi connectivity index (χ1) is 11.6. The monoisotopic (exact) mass is 324 g/mol. The molecule has 1 aliphatic heterocycles. The Bertz CT molecular complexity index is 896. The third-order valence-corrected chi connectivity index (χ3v) is 4.61. The van der Waals surface area contributed by atoms with Crippen molar-refractivity contribution in [3.05, 3.63) is 47.7 Å². The van der Waals surface area contributed by atoms with E-state index < -0.39 is 0 Å². The smallest absolute Gasteiger partial charge is 0.257 e. The molecule has 3 aromatic heterocycles. The van der Waals surface area contributed by atoms with E-state index in [0.717, 1.165) is 42.8 Å². The zero-order valence-corrected chi connectivity index (χ0v) is 13.9. The summed E-state index contributed by atoms with van der Waals surface area (Å²) in [7, 11) is 1.82. The predicted molar refractivity (Wildman–Crippen MR) is 88.6 cm³/mol. The Morgan fingerprint density at radius 2 is 2.17 bits per heavy atom. The van der Waals surface area contributed by atoms with E-state index in [2.05, 4.69) is 10.2 Å². The van der Waals surface area contributed by atoms with Gasteiger partial charge in [-0.2, -0.15) is 10.2 Å². The van der Waals surface area contributed by atoms with Crippen LogP contribution >= 0.6 is 0 Å². The van der Waals surface area contributed by atoms with Crippen LogP contribution in [0.5, 0.6) is 0 Å². The highest BCUT2D eigenvalue weighted by Gasteiger charge is 2.30. The molecule has 1 amide bonds. The first-order valence-corrected chi connectivity index (χ1v) is 8.24. The molecule has 0 spiro atoms. The molecule has 4 rings (SSSR count). The third-order valence-electron chi connectivity index (χ3n) is 4.61. The van der Waals surface area contributed by atoms with Crippen LogP contribution in [-0.4, -0.2) is 41.7 Å². The van der Waals surface area contributed by atoms with E-state index in [0.29, 0.717) is 5.56 Å². The van der Waals surface area contributed by atoms with Crippen LogP contribution in [-0.2, 0) is 7.05 Å². The Hall–Kier alpha value is -2.70. The summed E-state index contributed by atoms with van der Waals surface area (Å²) >= 11 is 0. The topological polar surface area (TPSA) is 68.3 Å². The van der Waals surface area contributed by atoms with Crippen molar-refractivity contribution in [1.29, 1.82) is 0 Å². The summed E-state index contributed by atoms with van der Waals surface area (Å²) < 4.78 is 3.48. The molecule has 1 aliphatic rings. The molecule has 0 unspecified atom stereocenters. The van der Waals surface area contributed by atoms with Crippen molar-refractivity contribution in [1.82, 2.24) is 29.3 Å². The molecule has 24 heavy (non-hydrogen) atoms. The molecule has 4 heterocycles. The quantitative estimate of drug-likeness (QED) is 0.724. The normalized spacial score (nSPS) is 18.2. The summed E-state index contributed by atoms with van der Waals surface area (Å²) in [6, 6.07) is 3.94. The third kappa shape index (κ3) is 2.46. The van der Waals surface area contributed by atoms with Gasteiger partial charge >= 0.3 is 0 Å². The van der Waals surface area contributed by atoms with Crippen LogP contribution in [0.1, 0.15) is 47.1 Å². The zero-order chi connectivity index (χ0) is 16.7. The van der Waals surface area contributed by atoms with Crippen molar-refractivity contribution in [2.24, 2.45) is 7.05 Å². The average Bonchev–Trinajstić information content (AvgIpc) is 3.23. The molecule has 7 nitrogen and oxygen atoms in total. The largest absolute Gasteiger partial charge is 0.330 e. The number of amides is 1. The summed E-state index contributed by atoms with van der Waals surface area (Å²) in [4.78, 5) is 19.6. The lowest BCUT2D eigenvalue weighted by molar-refractivity contribution is 0.0606. The zero-order valence-electron chi connectivity index (χ0n) is 13.9. The molecule has 0 aromatic carbocycles. The van der Waals surface area contributed by atoms with E-state index in [4.69, 9.17) is 4.98 Å². The number of likely N-dealkylation sites (tertiary alicyclic amines) is 1. The maximum Gasteiger partial charge on any atom is 0.257 e. The number of fused-ring (bicyclic) bond motifs is 1. The summed E-state index contributed by atoms with van der Waals surface area (Å²) in [6.07, 6.45) is 8.21. The SMILES string of the molecule is Cc1cc([C@H]2CCCCN2C(=O)c2cnn(C)c2)nc2ccnn12. The van der Waals surface area contributed by atoms with Gasteiger partial charge in [-0.25, -0.2) is 9.50 Å². The molecule has 1 saturated heterocycles. The Morgan fingerprint density at radius 3 is 2.96 bits per heavy atom. The molecule has 7 heteroatoms. The van der Waals surface area contributed by atoms with E-state index in [9.17, 15) is 4.79 Å². The second-order valence-corrected chi connectivity index (χ2v) is 6.34. The highest BCUT2D eigenvalue weighted by atomic mass is 16.2. The molecule has 0 saturated carbocycles. The van der Waals surface area contributed by atoms with Crippen molar-refractivity contribution in [2.45, 2.75) is 32.2 Å². The molecule has 1 fully saturated rings. The first-order valence-electron chi connectivity index (χ1n) is 8.24. The van der Waals surface area contributed by atoms with Crippen molar-refractivity contribution in [2.75, 3.05) is 6.54 Å². The lowest BCUT2D eigenvalue weighted by Crippen LogP contribution is -2.38. The maximum absolute atomic E-state index is 12.9. The second-order valence-electron chi connectivity index (χ2n) is 6.34. The lowest BCUT2D eigenvalue weighted by Gasteiger charge is -2.35. The van der Waals surface area contributed by atoms with Gasteiger partial charge in [-0.3, -0.25) is 9.48 Å². The number of aryl methyl sites for hydroxylation is 2.